The van der Waals surface area contributed by atoms with Crippen molar-refractivity contribution in [2.24, 2.45) is 10.9 Å². The molecule has 0 saturated heterocycles. The Morgan fingerprint density at radius 3 is 2.89 bits per heavy atom. The largest absolute Gasteiger partial charge is 0.359 e. The predicted molar refractivity (Wildman–Crippen MR) is 71.4 cm³/mol. The molecule has 2 N–H and O–H groups in total. The third-order valence-electron chi connectivity index (χ3n) is 2.96. The highest BCUT2D eigenvalue weighted by molar-refractivity contribution is 5.79. The average molecular weight is 250 g/mol. The Morgan fingerprint density at radius 2 is 2.28 bits per heavy atom. The SMILES string of the molecule is CCNC(=NCc1cc(CC)no1)NCC1CC1. The minimum Gasteiger partial charge on any atom is -0.359 e. The molecule has 1 saturated carbocycles. The van der Waals surface area contributed by atoms with Crippen molar-refractivity contribution in [2.45, 2.75) is 39.7 Å². The summed E-state index contributed by atoms with van der Waals surface area (Å²) in [7, 11) is 0. The molecule has 0 aromatic carbocycles. The van der Waals surface area contributed by atoms with Gasteiger partial charge in [0.1, 0.15) is 6.54 Å². The van der Waals surface area contributed by atoms with E-state index in [2.05, 4.69) is 34.6 Å². The minimum atomic E-state index is 0.535. The van der Waals surface area contributed by atoms with Crippen LogP contribution in [0.5, 0.6) is 0 Å². The first kappa shape index (κ1) is 12.9. The Hall–Kier alpha value is -1.52. The van der Waals surface area contributed by atoms with Gasteiger partial charge in [-0.1, -0.05) is 12.1 Å². The minimum absolute atomic E-state index is 0.535. The van der Waals surface area contributed by atoms with E-state index < -0.39 is 0 Å². The van der Waals surface area contributed by atoms with Gasteiger partial charge in [-0.25, -0.2) is 4.99 Å². The Bertz CT molecular complexity index is 395. The number of aliphatic imine (C=N–C) groups is 1. The van der Waals surface area contributed by atoms with Gasteiger partial charge in [0.15, 0.2) is 11.7 Å². The van der Waals surface area contributed by atoms with Crippen LogP contribution in [0, 0.1) is 5.92 Å². The van der Waals surface area contributed by atoms with Crippen molar-refractivity contribution in [3.63, 3.8) is 0 Å². The molecule has 1 aliphatic rings. The van der Waals surface area contributed by atoms with Gasteiger partial charge >= 0.3 is 0 Å². The first-order valence-corrected chi connectivity index (χ1v) is 6.78. The number of guanidine groups is 1. The number of aromatic nitrogens is 1. The molecule has 0 unspecified atom stereocenters. The predicted octanol–water partition coefficient (Wildman–Crippen LogP) is 1.70. The highest BCUT2D eigenvalue weighted by atomic mass is 16.5. The van der Waals surface area contributed by atoms with E-state index in [0.717, 1.165) is 42.8 Å². The zero-order chi connectivity index (χ0) is 12.8. The van der Waals surface area contributed by atoms with Crippen molar-refractivity contribution in [3.05, 3.63) is 17.5 Å². The fourth-order valence-electron chi connectivity index (χ4n) is 1.66. The number of nitrogens with zero attached hydrogens (tertiary/aromatic N) is 2. The molecule has 1 aliphatic carbocycles. The summed E-state index contributed by atoms with van der Waals surface area (Å²) in [5, 5.41) is 10.5. The van der Waals surface area contributed by atoms with Crippen LogP contribution in [0.1, 0.15) is 38.1 Å². The number of aryl methyl sites for hydroxylation is 1. The summed E-state index contributed by atoms with van der Waals surface area (Å²) in [4.78, 5) is 4.49. The highest BCUT2D eigenvalue weighted by Crippen LogP contribution is 2.27. The molecule has 0 amide bonds. The van der Waals surface area contributed by atoms with Gasteiger partial charge in [0.25, 0.3) is 0 Å². The van der Waals surface area contributed by atoms with E-state index in [1.807, 2.05) is 6.07 Å². The molecule has 0 atom stereocenters. The van der Waals surface area contributed by atoms with Crippen LogP contribution < -0.4 is 10.6 Å². The molecule has 5 nitrogen and oxygen atoms in total. The molecular formula is C13H22N4O. The maximum Gasteiger partial charge on any atom is 0.191 e. The van der Waals surface area contributed by atoms with Crippen LogP contribution in [0.3, 0.4) is 0 Å². The molecule has 5 heteroatoms. The van der Waals surface area contributed by atoms with Gasteiger partial charge in [-0.3, -0.25) is 0 Å². The van der Waals surface area contributed by atoms with E-state index in [4.69, 9.17) is 4.52 Å². The average Bonchev–Trinajstić information content (AvgIpc) is 3.10. The summed E-state index contributed by atoms with van der Waals surface area (Å²) in [6.07, 6.45) is 3.58. The molecule has 1 aromatic rings. The van der Waals surface area contributed by atoms with Gasteiger partial charge in [0.05, 0.1) is 5.69 Å². The van der Waals surface area contributed by atoms with Crippen LogP contribution in [-0.4, -0.2) is 24.2 Å². The Balaban J connectivity index is 1.85. The monoisotopic (exact) mass is 250 g/mol. The summed E-state index contributed by atoms with van der Waals surface area (Å²) in [5.41, 5.74) is 0.983. The third kappa shape index (κ3) is 4.05. The molecular weight excluding hydrogens is 228 g/mol. The van der Waals surface area contributed by atoms with Gasteiger partial charge in [-0.15, -0.1) is 0 Å². The van der Waals surface area contributed by atoms with Crippen LogP contribution in [-0.2, 0) is 13.0 Å². The molecule has 18 heavy (non-hydrogen) atoms. The molecule has 0 aliphatic heterocycles. The molecule has 1 fully saturated rings. The van der Waals surface area contributed by atoms with Crippen molar-refractivity contribution < 1.29 is 4.52 Å². The van der Waals surface area contributed by atoms with Gasteiger partial charge in [0, 0.05) is 19.2 Å². The lowest BCUT2D eigenvalue weighted by Crippen LogP contribution is -2.38. The number of rotatable bonds is 6. The smallest absolute Gasteiger partial charge is 0.191 e. The first-order valence-electron chi connectivity index (χ1n) is 6.78. The fraction of sp³-hybridized carbons (Fsp3) is 0.692. The summed E-state index contributed by atoms with van der Waals surface area (Å²) in [6.45, 7) is 6.55. The zero-order valence-electron chi connectivity index (χ0n) is 11.2. The van der Waals surface area contributed by atoms with Crippen molar-refractivity contribution in [1.82, 2.24) is 15.8 Å². The van der Waals surface area contributed by atoms with Crippen LogP contribution in [0.4, 0.5) is 0 Å². The second-order valence-electron chi connectivity index (χ2n) is 4.66. The maximum absolute atomic E-state index is 5.21. The lowest BCUT2D eigenvalue weighted by Gasteiger charge is -2.09. The quantitative estimate of drug-likeness (QED) is 0.596. The van der Waals surface area contributed by atoms with Gasteiger partial charge in [-0.2, -0.15) is 0 Å². The van der Waals surface area contributed by atoms with Crippen LogP contribution in [0.2, 0.25) is 0 Å². The molecule has 0 radical (unpaired) electrons. The number of nitrogens with one attached hydrogen (secondary N) is 2. The molecule has 1 heterocycles. The van der Waals surface area contributed by atoms with Crippen molar-refractivity contribution in [2.75, 3.05) is 13.1 Å². The van der Waals surface area contributed by atoms with Crippen LogP contribution in [0.25, 0.3) is 0 Å². The van der Waals surface area contributed by atoms with Crippen LogP contribution in [0.15, 0.2) is 15.6 Å². The van der Waals surface area contributed by atoms with Crippen LogP contribution >= 0.6 is 0 Å². The van der Waals surface area contributed by atoms with E-state index in [9.17, 15) is 0 Å². The van der Waals surface area contributed by atoms with E-state index in [-0.39, 0.29) is 0 Å². The Morgan fingerprint density at radius 1 is 1.44 bits per heavy atom. The molecule has 0 spiro atoms. The zero-order valence-corrected chi connectivity index (χ0v) is 11.2. The van der Waals surface area contributed by atoms with Gasteiger partial charge in [0.2, 0.25) is 0 Å². The fourth-order valence-corrected chi connectivity index (χ4v) is 1.66. The summed E-state index contributed by atoms with van der Waals surface area (Å²) in [6, 6.07) is 1.97. The maximum atomic E-state index is 5.21. The van der Waals surface area contributed by atoms with Crippen molar-refractivity contribution >= 4 is 5.96 Å². The van der Waals surface area contributed by atoms with Gasteiger partial charge in [-0.05, 0) is 32.1 Å². The van der Waals surface area contributed by atoms with E-state index >= 15 is 0 Å². The third-order valence-corrected chi connectivity index (χ3v) is 2.96. The molecule has 100 valence electrons. The second kappa shape index (κ2) is 6.42. The summed E-state index contributed by atoms with van der Waals surface area (Å²) >= 11 is 0. The topological polar surface area (TPSA) is 62.5 Å². The van der Waals surface area contributed by atoms with Crippen molar-refractivity contribution in [1.29, 1.82) is 0 Å². The standard InChI is InChI=1S/C13H22N4O/c1-3-11-7-12(18-17-11)9-16-13(14-4-2)15-8-10-5-6-10/h7,10H,3-6,8-9H2,1-2H3,(H2,14,15,16). The summed E-state index contributed by atoms with van der Waals surface area (Å²) < 4.78 is 5.21. The van der Waals surface area contributed by atoms with Crippen molar-refractivity contribution in [3.8, 4) is 0 Å². The molecule has 2 rings (SSSR count). The van der Waals surface area contributed by atoms with E-state index in [0.29, 0.717) is 6.54 Å². The lowest BCUT2D eigenvalue weighted by atomic mass is 10.3. The second-order valence-corrected chi connectivity index (χ2v) is 4.66. The molecule has 1 aromatic heterocycles. The molecule has 0 bridgehead atoms. The normalized spacial score (nSPS) is 15.8. The highest BCUT2D eigenvalue weighted by Gasteiger charge is 2.21. The van der Waals surface area contributed by atoms with E-state index in [1.165, 1.54) is 12.8 Å². The van der Waals surface area contributed by atoms with E-state index in [1.54, 1.807) is 0 Å². The first-order chi connectivity index (χ1) is 8.81. The Kier molecular flexibility index (Phi) is 4.61. The number of hydrogen-bond acceptors (Lipinski definition) is 3. The Labute approximate surface area is 108 Å². The summed E-state index contributed by atoms with van der Waals surface area (Å²) in [5.74, 6) is 2.51. The number of hydrogen-bond donors (Lipinski definition) is 2. The van der Waals surface area contributed by atoms with Gasteiger partial charge < -0.3 is 15.2 Å². The lowest BCUT2D eigenvalue weighted by molar-refractivity contribution is 0.379.